The summed E-state index contributed by atoms with van der Waals surface area (Å²) < 4.78 is 53.1. The molecule has 0 spiro atoms. The van der Waals surface area contributed by atoms with E-state index in [2.05, 4.69) is 26.1 Å². The lowest BCUT2D eigenvalue weighted by molar-refractivity contribution is -0.185. The van der Waals surface area contributed by atoms with Crippen LogP contribution in [0.2, 0.25) is 5.04 Å². The Hall–Kier alpha value is -2.85. The molecule has 0 aliphatic heterocycles. The highest BCUT2D eigenvalue weighted by molar-refractivity contribution is 6.99. The van der Waals surface area contributed by atoms with E-state index in [0.29, 0.717) is 4.90 Å². The number of benzene rings is 2. The highest BCUT2D eigenvalue weighted by Gasteiger charge is 2.50. The van der Waals surface area contributed by atoms with Gasteiger partial charge in [0.2, 0.25) is 5.91 Å². The molecule has 0 aromatic heterocycles. The van der Waals surface area contributed by atoms with Crippen LogP contribution in [0.15, 0.2) is 60.7 Å². The molecule has 0 saturated heterocycles. The minimum absolute atomic E-state index is 0.0550. The third-order valence-electron chi connectivity index (χ3n) is 6.13. The summed E-state index contributed by atoms with van der Waals surface area (Å²) >= 11 is 0. The Balaban J connectivity index is 2.22. The first-order valence-corrected chi connectivity index (χ1v) is 14.4. The van der Waals surface area contributed by atoms with Gasteiger partial charge in [0.25, 0.3) is 8.32 Å². The minimum atomic E-state index is -4.75. The van der Waals surface area contributed by atoms with E-state index in [9.17, 15) is 22.8 Å². The van der Waals surface area contributed by atoms with Crippen molar-refractivity contribution in [2.75, 3.05) is 20.2 Å². The lowest BCUT2D eigenvalue weighted by Crippen LogP contribution is -2.66. The Kier molecular flexibility index (Phi) is 10.2. The van der Waals surface area contributed by atoms with E-state index in [1.54, 1.807) is 20.8 Å². The summed E-state index contributed by atoms with van der Waals surface area (Å²) in [7, 11) is -1.85. The number of nitrogens with zero attached hydrogens (tertiary/aromatic N) is 1. The second-order valence-electron chi connectivity index (χ2n) is 11.2. The molecule has 210 valence electrons. The molecule has 0 heterocycles. The maximum Gasteiger partial charge on any atom is 0.410 e. The molecule has 6 nitrogen and oxygen atoms in total. The van der Waals surface area contributed by atoms with E-state index < -0.39 is 44.7 Å². The van der Waals surface area contributed by atoms with E-state index in [-0.39, 0.29) is 18.1 Å². The van der Waals surface area contributed by atoms with Gasteiger partial charge in [0.05, 0.1) is 6.54 Å². The Morgan fingerprint density at radius 1 is 0.895 bits per heavy atom. The molecule has 0 saturated carbocycles. The first kappa shape index (κ1) is 31.4. The zero-order valence-electron chi connectivity index (χ0n) is 23.2. The Morgan fingerprint density at radius 2 is 1.37 bits per heavy atom. The summed E-state index contributed by atoms with van der Waals surface area (Å²) in [5.74, 6) is -0.740. The zero-order valence-corrected chi connectivity index (χ0v) is 24.2. The molecule has 38 heavy (non-hydrogen) atoms. The third-order valence-corrected chi connectivity index (χ3v) is 11.2. The quantitative estimate of drug-likeness (QED) is 0.451. The number of ether oxygens (including phenoxy) is 1. The van der Waals surface area contributed by atoms with Crippen molar-refractivity contribution >= 4 is 30.7 Å². The van der Waals surface area contributed by atoms with Crippen molar-refractivity contribution in [3.8, 4) is 0 Å². The topological polar surface area (TPSA) is 67.9 Å². The number of alkyl carbamates (subject to hydrolysis) is 1. The van der Waals surface area contributed by atoms with Gasteiger partial charge in [0.15, 0.2) is 0 Å². The summed E-state index contributed by atoms with van der Waals surface area (Å²) in [5, 5.41) is 3.81. The number of carbonyl (C=O) groups excluding carboxylic acids is 2. The first-order chi connectivity index (χ1) is 17.5. The Labute approximate surface area is 224 Å². The monoisotopic (exact) mass is 552 g/mol. The van der Waals surface area contributed by atoms with E-state index in [1.165, 1.54) is 0 Å². The van der Waals surface area contributed by atoms with Crippen LogP contribution in [0.4, 0.5) is 18.0 Å². The fourth-order valence-corrected chi connectivity index (χ4v) is 8.93. The van der Waals surface area contributed by atoms with Crippen molar-refractivity contribution in [3.05, 3.63) is 60.7 Å². The fourth-order valence-electron chi connectivity index (χ4n) is 4.37. The van der Waals surface area contributed by atoms with Crippen LogP contribution in [0, 0.1) is 0 Å². The van der Waals surface area contributed by atoms with Gasteiger partial charge in [-0.3, -0.25) is 4.79 Å². The molecule has 1 atom stereocenters. The molecule has 2 aromatic rings. The van der Waals surface area contributed by atoms with E-state index in [0.717, 1.165) is 17.4 Å². The van der Waals surface area contributed by atoms with Crippen molar-refractivity contribution in [2.45, 2.75) is 70.8 Å². The Morgan fingerprint density at radius 3 is 1.76 bits per heavy atom. The molecule has 0 bridgehead atoms. The zero-order chi connectivity index (χ0) is 28.8. The molecular weight excluding hydrogens is 513 g/mol. The second kappa shape index (κ2) is 12.3. The van der Waals surface area contributed by atoms with Crippen LogP contribution in [-0.4, -0.2) is 63.2 Å². The number of rotatable bonds is 9. The van der Waals surface area contributed by atoms with Crippen molar-refractivity contribution < 1.29 is 31.9 Å². The number of nitrogens with one attached hydrogen (secondary N) is 1. The van der Waals surface area contributed by atoms with E-state index >= 15 is 0 Å². The number of amides is 2. The van der Waals surface area contributed by atoms with Crippen LogP contribution in [-0.2, 0) is 14.0 Å². The van der Waals surface area contributed by atoms with Crippen LogP contribution in [0.25, 0.3) is 0 Å². The molecule has 1 unspecified atom stereocenters. The minimum Gasteiger partial charge on any atom is -0.444 e. The van der Waals surface area contributed by atoms with Gasteiger partial charge in [0, 0.05) is 20.1 Å². The molecule has 0 aliphatic carbocycles. The first-order valence-electron chi connectivity index (χ1n) is 12.5. The van der Waals surface area contributed by atoms with Gasteiger partial charge in [-0.15, -0.1) is 0 Å². The molecule has 0 radical (unpaired) electrons. The molecule has 0 aliphatic rings. The van der Waals surface area contributed by atoms with Gasteiger partial charge >= 0.3 is 12.3 Å². The molecular formula is C28H39F3N2O4Si. The van der Waals surface area contributed by atoms with Crippen molar-refractivity contribution in [1.29, 1.82) is 0 Å². The molecule has 2 rings (SSSR count). The van der Waals surface area contributed by atoms with Crippen LogP contribution < -0.4 is 15.7 Å². The standard InChI is InChI=1S/C28H39F3N2O4Si/c1-26(2,3)37-25(35)32-20-23(28(29,30)31)33(7)24(34)18-19-36-38(27(4,5)6,21-14-10-8-11-15-21)22-16-12-9-13-17-22/h8-17,23H,18-20H2,1-7H3,(H,32,35). The van der Waals surface area contributed by atoms with Crippen molar-refractivity contribution in [2.24, 2.45) is 0 Å². The van der Waals surface area contributed by atoms with Crippen molar-refractivity contribution in [1.82, 2.24) is 10.2 Å². The van der Waals surface area contributed by atoms with Gasteiger partial charge in [-0.2, -0.15) is 13.2 Å². The van der Waals surface area contributed by atoms with Gasteiger partial charge < -0.3 is 19.4 Å². The largest absolute Gasteiger partial charge is 0.444 e. The smallest absolute Gasteiger partial charge is 0.410 e. The number of carbonyl (C=O) groups is 2. The summed E-state index contributed by atoms with van der Waals surface area (Å²) in [6, 6.07) is 17.3. The number of likely N-dealkylation sites (N-methyl/N-ethyl adjacent to an activating group) is 1. The Bertz CT molecular complexity index is 1010. The summed E-state index contributed by atoms with van der Waals surface area (Å²) in [6.45, 7) is 10.2. The summed E-state index contributed by atoms with van der Waals surface area (Å²) in [4.78, 5) is 25.5. The average molecular weight is 553 g/mol. The molecule has 10 heteroatoms. The predicted molar refractivity (Wildman–Crippen MR) is 145 cm³/mol. The average Bonchev–Trinajstić information content (AvgIpc) is 2.80. The number of hydrogen-bond donors (Lipinski definition) is 1. The molecule has 2 aromatic carbocycles. The number of alkyl halides is 3. The molecule has 2 amide bonds. The summed E-state index contributed by atoms with van der Waals surface area (Å²) in [5.41, 5.74) is -0.863. The maximum absolute atomic E-state index is 13.8. The van der Waals surface area contributed by atoms with Gasteiger partial charge in [-0.05, 0) is 36.2 Å². The highest BCUT2D eigenvalue weighted by atomic mass is 28.4. The maximum atomic E-state index is 13.8. The predicted octanol–water partition coefficient (Wildman–Crippen LogP) is 4.87. The third kappa shape index (κ3) is 8.07. The normalized spacial score (nSPS) is 13.5. The molecule has 0 fully saturated rings. The van der Waals surface area contributed by atoms with Gasteiger partial charge in [0.1, 0.15) is 11.6 Å². The van der Waals surface area contributed by atoms with E-state index in [1.807, 2.05) is 60.7 Å². The van der Waals surface area contributed by atoms with Crippen LogP contribution >= 0.6 is 0 Å². The lowest BCUT2D eigenvalue weighted by Gasteiger charge is -2.43. The highest BCUT2D eigenvalue weighted by Crippen LogP contribution is 2.37. The number of halogens is 3. The van der Waals surface area contributed by atoms with Gasteiger partial charge in [-0.1, -0.05) is 81.4 Å². The van der Waals surface area contributed by atoms with Crippen molar-refractivity contribution in [3.63, 3.8) is 0 Å². The molecule has 1 N–H and O–H groups in total. The SMILES string of the molecule is CN(C(=O)CCO[Si](c1ccccc1)(c1ccccc1)C(C)(C)C)C(CNC(=O)OC(C)(C)C)C(F)(F)F. The second-order valence-corrected chi connectivity index (χ2v) is 15.5. The summed E-state index contributed by atoms with van der Waals surface area (Å²) in [6.07, 6.45) is -5.99. The number of hydrogen-bond acceptors (Lipinski definition) is 4. The van der Waals surface area contributed by atoms with Gasteiger partial charge in [-0.25, -0.2) is 4.79 Å². The van der Waals surface area contributed by atoms with E-state index in [4.69, 9.17) is 9.16 Å². The van der Waals surface area contributed by atoms with Crippen LogP contribution in [0.3, 0.4) is 0 Å². The lowest BCUT2D eigenvalue weighted by atomic mass is 10.2. The van der Waals surface area contributed by atoms with Crippen LogP contribution in [0.5, 0.6) is 0 Å². The fraction of sp³-hybridized carbons (Fsp3) is 0.500. The van der Waals surface area contributed by atoms with Crippen LogP contribution in [0.1, 0.15) is 48.0 Å².